The Kier molecular flexibility index (Phi) is 7.02. The van der Waals surface area contributed by atoms with Gasteiger partial charge < -0.3 is 5.32 Å². The van der Waals surface area contributed by atoms with Gasteiger partial charge in [-0.2, -0.15) is 0 Å². The van der Waals surface area contributed by atoms with Crippen LogP contribution in [0.25, 0.3) is 0 Å². The van der Waals surface area contributed by atoms with Crippen LogP contribution in [-0.4, -0.2) is 17.5 Å². The number of ketones is 2. The molecule has 1 aromatic heterocycles. The number of Topliss-reactive ketones (excluding diaryl/α,β-unsaturated/α-hetero) is 2. The van der Waals surface area contributed by atoms with Gasteiger partial charge in [0.2, 0.25) is 5.91 Å². The Labute approximate surface area is 221 Å². The lowest BCUT2D eigenvalue weighted by Crippen LogP contribution is -2.57. The fraction of sp³-hybridized carbons (Fsp3) is 0.774. The lowest BCUT2D eigenvalue weighted by molar-refractivity contribution is -0.159. The zero-order valence-corrected chi connectivity index (χ0v) is 23.7. The predicted molar refractivity (Wildman–Crippen MR) is 145 cm³/mol. The molecule has 5 rings (SSSR count). The second-order valence-electron chi connectivity index (χ2n) is 13.2. The Balaban J connectivity index is 1.28. The van der Waals surface area contributed by atoms with Crippen LogP contribution in [0.2, 0.25) is 0 Å². The van der Waals surface area contributed by atoms with Crippen molar-refractivity contribution in [1.82, 2.24) is 5.32 Å². The molecule has 1 amide bonds. The van der Waals surface area contributed by atoms with Gasteiger partial charge in [-0.05, 0) is 98.0 Å². The monoisotopic (exact) mass is 511 g/mol. The Hall–Kier alpha value is -1.49. The first-order chi connectivity index (χ1) is 17.1. The van der Waals surface area contributed by atoms with Crippen LogP contribution in [0.3, 0.4) is 0 Å². The molecule has 0 saturated heterocycles. The average molecular weight is 512 g/mol. The van der Waals surface area contributed by atoms with Gasteiger partial charge in [0.15, 0.2) is 0 Å². The summed E-state index contributed by atoms with van der Waals surface area (Å²) in [5.41, 5.74) is 0.284. The van der Waals surface area contributed by atoms with Crippen LogP contribution in [0.1, 0.15) is 108 Å². The van der Waals surface area contributed by atoms with Crippen molar-refractivity contribution in [2.75, 3.05) is 0 Å². The summed E-state index contributed by atoms with van der Waals surface area (Å²) in [6, 6.07) is 4.38. The van der Waals surface area contributed by atoms with Crippen molar-refractivity contribution in [3.8, 4) is 0 Å². The lowest BCUT2D eigenvalue weighted by atomic mass is 9.44. The summed E-state index contributed by atoms with van der Waals surface area (Å²) in [4.78, 5) is 41.4. The second kappa shape index (κ2) is 9.67. The molecule has 0 radical (unpaired) electrons. The molecule has 4 saturated carbocycles. The molecule has 9 atom stereocenters. The van der Waals surface area contributed by atoms with Crippen LogP contribution in [-0.2, 0) is 14.4 Å². The number of carbonyl (C=O) groups excluding carboxylic acids is 3. The topological polar surface area (TPSA) is 63.2 Å². The molecule has 198 valence electrons. The highest BCUT2D eigenvalue weighted by Crippen LogP contribution is 2.67. The molecule has 1 aromatic rings. The van der Waals surface area contributed by atoms with Gasteiger partial charge in [-0.15, -0.1) is 11.3 Å². The van der Waals surface area contributed by atoms with E-state index in [0.717, 1.165) is 38.5 Å². The summed E-state index contributed by atoms with van der Waals surface area (Å²) in [6.07, 6.45) is 8.88. The van der Waals surface area contributed by atoms with Crippen molar-refractivity contribution in [1.29, 1.82) is 0 Å². The van der Waals surface area contributed by atoms with Crippen molar-refractivity contribution in [3.63, 3.8) is 0 Å². The van der Waals surface area contributed by atoms with Crippen molar-refractivity contribution in [3.05, 3.63) is 21.9 Å². The van der Waals surface area contributed by atoms with E-state index >= 15 is 0 Å². The highest BCUT2D eigenvalue weighted by Gasteiger charge is 2.63. The van der Waals surface area contributed by atoms with Crippen molar-refractivity contribution >= 4 is 28.8 Å². The quantitative estimate of drug-likeness (QED) is 0.445. The van der Waals surface area contributed by atoms with Crippen LogP contribution in [0.15, 0.2) is 12.1 Å². The Bertz CT molecular complexity index is 1030. The van der Waals surface area contributed by atoms with Crippen LogP contribution in [0.5, 0.6) is 0 Å². The van der Waals surface area contributed by atoms with Crippen LogP contribution in [0, 0.1) is 53.3 Å². The summed E-state index contributed by atoms with van der Waals surface area (Å²) < 4.78 is 0. The Morgan fingerprint density at radius 2 is 1.83 bits per heavy atom. The van der Waals surface area contributed by atoms with E-state index in [1.165, 1.54) is 9.75 Å². The third-order valence-corrected chi connectivity index (χ3v) is 12.5. The molecule has 0 bridgehead atoms. The molecule has 1 heterocycles. The summed E-state index contributed by atoms with van der Waals surface area (Å²) in [7, 11) is 0. The molecule has 4 aliphatic rings. The van der Waals surface area contributed by atoms with E-state index in [-0.39, 0.29) is 34.6 Å². The maximum absolute atomic E-state index is 13.6. The van der Waals surface area contributed by atoms with E-state index in [2.05, 4.69) is 52.1 Å². The first-order valence-electron chi connectivity index (χ1n) is 14.5. The standard InChI is InChI=1S/C31H45NO3S/c1-6-25(27-10-7-19(3)36-27)32-28(35)15-18(2)22-8-9-23-29-24(12-14-31(22,23)5)30(4)13-11-21(33)16-20(30)17-26(29)34/h7,10,18,20,22-25,29H,6,8-9,11-17H2,1-5H3,(H,32,35)/t18-,20+,22-,23+,24+,25?,29+,30+,31-/m1/s1. The summed E-state index contributed by atoms with van der Waals surface area (Å²) in [5.74, 6) is 3.06. The summed E-state index contributed by atoms with van der Waals surface area (Å²) >= 11 is 1.77. The third-order valence-electron chi connectivity index (χ3n) is 11.4. The van der Waals surface area contributed by atoms with Gasteiger partial charge in [0.25, 0.3) is 0 Å². The van der Waals surface area contributed by atoms with Crippen molar-refractivity contribution < 1.29 is 14.4 Å². The number of aryl methyl sites for hydroxylation is 1. The van der Waals surface area contributed by atoms with E-state index in [0.29, 0.717) is 60.9 Å². The van der Waals surface area contributed by atoms with Gasteiger partial charge in [0, 0.05) is 41.4 Å². The van der Waals surface area contributed by atoms with Gasteiger partial charge in [0.05, 0.1) is 6.04 Å². The van der Waals surface area contributed by atoms with E-state index < -0.39 is 0 Å². The number of amides is 1. The van der Waals surface area contributed by atoms with Gasteiger partial charge in [0.1, 0.15) is 11.6 Å². The molecular formula is C31H45NO3S. The molecule has 4 aliphatic carbocycles. The number of rotatable bonds is 6. The Morgan fingerprint density at radius 1 is 1.08 bits per heavy atom. The normalized spacial score (nSPS) is 39.6. The smallest absolute Gasteiger partial charge is 0.220 e. The van der Waals surface area contributed by atoms with E-state index in [4.69, 9.17) is 0 Å². The number of fused-ring (bicyclic) bond motifs is 5. The maximum atomic E-state index is 13.6. The highest BCUT2D eigenvalue weighted by molar-refractivity contribution is 7.12. The van der Waals surface area contributed by atoms with Gasteiger partial charge in [-0.3, -0.25) is 14.4 Å². The predicted octanol–water partition coefficient (Wildman–Crippen LogP) is 7.06. The largest absolute Gasteiger partial charge is 0.348 e. The zero-order chi connectivity index (χ0) is 25.8. The molecule has 0 spiro atoms. The minimum atomic E-state index is 0.0988. The number of thiophene rings is 1. The van der Waals surface area contributed by atoms with E-state index in [1.807, 2.05) is 0 Å². The van der Waals surface area contributed by atoms with Gasteiger partial charge in [-0.25, -0.2) is 0 Å². The van der Waals surface area contributed by atoms with Gasteiger partial charge >= 0.3 is 0 Å². The second-order valence-corrected chi connectivity index (χ2v) is 14.6. The molecule has 5 heteroatoms. The minimum Gasteiger partial charge on any atom is -0.348 e. The zero-order valence-electron chi connectivity index (χ0n) is 22.9. The first-order valence-corrected chi connectivity index (χ1v) is 15.3. The van der Waals surface area contributed by atoms with E-state index in [9.17, 15) is 14.4 Å². The van der Waals surface area contributed by atoms with Crippen LogP contribution in [0.4, 0.5) is 0 Å². The third kappa shape index (κ3) is 4.31. The van der Waals surface area contributed by atoms with Crippen molar-refractivity contribution in [2.45, 2.75) is 105 Å². The lowest BCUT2D eigenvalue weighted by Gasteiger charge is -2.59. The molecule has 0 aromatic carbocycles. The molecular weight excluding hydrogens is 466 g/mol. The van der Waals surface area contributed by atoms with Crippen molar-refractivity contribution in [2.24, 2.45) is 46.3 Å². The summed E-state index contributed by atoms with van der Waals surface area (Å²) in [6.45, 7) is 11.4. The molecule has 36 heavy (non-hydrogen) atoms. The molecule has 0 aliphatic heterocycles. The first kappa shape index (κ1) is 26.1. The maximum Gasteiger partial charge on any atom is 0.220 e. The molecule has 4 fully saturated rings. The number of hydrogen-bond donors (Lipinski definition) is 1. The van der Waals surface area contributed by atoms with Crippen LogP contribution >= 0.6 is 11.3 Å². The van der Waals surface area contributed by atoms with Gasteiger partial charge in [-0.1, -0.05) is 27.7 Å². The van der Waals surface area contributed by atoms with Crippen LogP contribution < -0.4 is 5.32 Å². The minimum absolute atomic E-state index is 0.0988. The average Bonchev–Trinajstić information content (AvgIpc) is 3.41. The molecule has 1 N–H and O–H groups in total. The molecule has 1 unspecified atom stereocenters. The Morgan fingerprint density at radius 3 is 2.53 bits per heavy atom. The SMILES string of the molecule is CCC(NC(=O)C[C@@H](C)[C@H]1CC[C@H]2[C@@H]3C(=O)C[C@@H]4CC(=O)CC[C@]4(C)[C@H]3CC[C@]12C)c1ccc(C)s1. The number of nitrogens with one attached hydrogen (secondary N) is 1. The highest BCUT2D eigenvalue weighted by atomic mass is 32.1. The summed E-state index contributed by atoms with van der Waals surface area (Å²) in [5, 5.41) is 3.32. The molecule has 4 nitrogen and oxygen atoms in total. The number of carbonyl (C=O) groups is 3. The fourth-order valence-electron chi connectivity index (χ4n) is 9.40. The fourth-order valence-corrected chi connectivity index (χ4v) is 10.4. The number of hydrogen-bond acceptors (Lipinski definition) is 4. The van der Waals surface area contributed by atoms with E-state index in [1.54, 1.807) is 11.3 Å².